The third-order valence-electron chi connectivity index (χ3n) is 9.78. The first-order valence-corrected chi connectivity index (χ1v) is 15.7. The van der Waals surface area contributed by atoms with Crippen LogP contribution >= 0.6 is 0 Å². The highest BCUT2D eigenvalue weighted by Gasteiger charge is 2.62. The molecule has 49 heavy (non-hydrogen) atoms. The van der Waals surface area contributed by atoms with Crippen LogP contribution in [0.2, 0.25) is 0 Å². The van der Waals surface area contributed by atoms with Crippen molar-refractivity contribution in [3.8, 4) is 5.69 Å². The number of nitrogens with zero attached hydrogens (tertiary/aromatic N) is 3. The Bertz CT molecular complexity index is 2200. The van der Waals surface area contributed by atoms with E-state index in [0.29, 0.717) is 16.8 Å². The summed E-state index contributed by atoms with van der Waals surface area (Å²) >= 11 is 0. The Balaban J connectivity index is 1.56. The number of hydrogen-bond donors (Lipinski definition) is 1. The quantitative estimate of drug-likeness (QED) is 0.311. The van der Waals surface area contributed by atoms with E-state index in [1.165, 1.54) is 36.6 Å². The molecule has 1 amide bonds. The monoisotopic (exact) mass is 660 g/mol. The zero-order valence-electron chi connectivity index (χ0n) is 26.9. The Hall–Kier alpha value is -6.04. The number of para-hydroxylation sites is 1. The lowest BCUT2D eigenvalue weighted by Gasteiger charge is -2.37. The van der Waals surface area contributed by atoms with Gasteiger partial charge in [0.25, 0.3) is 5.91 Å². The van der Waals surface area contributed by atoms with Gasteiger partial charge in [-0.05, 0) is 42.3 Å². The van der Waals surface area contributed by atoms with Crippen molar-refractivity contribution in [3.05, 3.63) is 146 Å². The maximum atomic E-state index is 15.1. The molecule has 3 aromatic carbocycles. The molecule has 0 saturated carbocycles. The Morgan fingerprint density at radius 1 is 0.796 bits per heavy atom. The van der Waals surface area contributed by atoms with E-state index in [0.717, 1.165) is 4.57 Å². The van der Waals surface area contributed by atoms with Gasteiger partial charge in [0.1, 0.15) is 11.6 Å². The lowest BCUT2D eigenvalue weighted by atomic mass is 9.74. The second-order valence-electron chi connectivity index (χ2n) is 12.4. The van der Waals surface area contributed by atoms with Gasteiger partial charge in [0.2, 0.25) is 0 Å². The molecule has 1 aliphatic heterocycles. The van der Waals surface area contributed by atoms with Gasteiger partial charge in [0.05, 0.1) is 31.9 Å². The number of methoxy groups -OCH3 is 2. The molecule has 2 heterocycles. The summed E-state index contributed by atoms with van der Waals surface area (Å²) in [6.07, 6.45) is 1.21. The zero-order valence-corrected chi connectivity index (χ0v) is 26.9. The van der Waals surface area contributed by atoms with Crippen molar-refractivity contribution in [2.24, 2.45) is 11.8 Å². The number of aromatic nitrogens is 3. The van der Waals surface area contributed by atoms with Gasteiger partial charge in [-0.25, -0.2) is 28.3 Å². The van der Waals surface area contributed by atoms with Gasteiger partial charge in [0.15, 0.2) is 5.78 Å². The van der Waals surface area contributed by atoms with Crippen LogP contribution in [0.1, 0.15) is 41.3 Å². The topological polar surface area (TPSA) is 148 Å². The predicted octanol–water partition coefficient (Wildman–Crippen LogP) is 2.92. The normalized spacial score (nSPS) is 23.9. The van der Waals surface area contributed by atoms with Gasteiger partial charge in [-0.15, -0.1) is 0 Å². The number of ether oxygens (including phenoxy) is 2. The standard InChI is InChI=1S/C37H32N4O8/c1-37(38-32(43)22-15-9-5-10-16-22)29-25(34(45)49-3)19-23(33(44)48-2)20-26-27(29)28(31(37)42)30(21-13-7-4-8-14-21)41-36(47)39(35(46)40(26)41)24-17-11-6-12-18-24/h4-19,25-26,29-30H,20H2,1-3H3,(H,38,43)/t25-,26-,29-,30+,37+/m1/s1. The number of ketones is 1. The van der Waals surface area contributed by atoms with Gasteiger partial charge in [0, 0.05) is 29.0 Å². The molecule has 12 heteroatoms. The SMILES string of the molecule is COC(=O)C1=C[C@@H](C(=O)OC)[C@@H]2C3=C(C(=O)[C@@]2(C)NC(=O)c2ccccc2)[C@H](c2ccccc2)n2c(=O)n(-c4ccccc4)c(=O)n2[C@@H]3C1. The minimum Gasteiger partial charge on any atom is -0.469 e. The Morgan fingerprint density at radius 2 is 1.39 bits per heavy atom. The number of esters is 2. The number of Topliss-reactive ketones (excluding diaryl/α,β-unsaturated/α-hetero) is 1. The van der Waals surface area contributed by atoms with Crippen molar-refractivity contribution in [2.45, 2.75) is 31.0 Å². The molecule has 2 aliphatic carbocycles. The van der Waals surface area contributed by atoms with Crippen molar-refractivity contribution in [1.82, 2.24) is 19.2 Å². The number of amides is 1. The summed E-state index contributed by atoms with van der Waals surface area (Å²) in [5.41, 5.74) is -1.53. The summed E-state index contributed by atoms with van der Waals surface area (Å²) < 4.78 is 13.9. The number of benzene rings is 3. The Kier molecular flexibility index (Phi) is 7.65. The van der Waals surface area contributed by atoms with Gasteiger partial charge >= 0.3 is 23.3 Å². The predicted molar refractivity (Wildman–Crippen MR) is 176 cm³/mol. The molecule has 0 fully saturated rings. The average Bonchev–Trinajstić information content (AvgIpc) is 3.41. The summed E-state index contributed by atoms with van der Waals surface area (Å²) in [6.45, 7) is 1.53. The summed E-state index contributed by atoms with van der Waals surface area (Å²) in [7, 11) is 2.39. The van der Waals surface area contributed by atoms with E-state index < -0.39 is 64.5 Å². The summed E-state index contributed by atoms with van der Waals surface area (Å²) in [6, 6.07) is 23.3. The number of rotatable bonds is 6. The minimum absolute atomic E-state index is 0.0462. The van der Waals surface area contributed by atoms with Gasteiger partial charge in [-0.3, -0.25) is 14.4 Å². The fourth-order valence-corrected chi connectivity index (χ4v) is 7.68. The van der Waals surface area contributed by atoms with Crippen LogP contribution in [0, 0.1) is 11.8 Å². The molecular weight excluding hydrogens is 628 g/mol. The van der Waals surface area contributed by atoms with Crippen LogP contribution in [-0.4, -0.2) is 57.3 Å². The first-order chi connectivity index (χ1) is 23.6. The molecule has 1 aromatic heterocycles. The number of nitrogens with one attached hydrogen (secondary N) is 1. The number of fused-ring (bicyclic) bond motifs is 2. The van der Waals surface area contributed by atoms with Crippen molar-refractivity contribution < 1.29 is 28.7 Å². The van der Waals surface area contributed by atoms with Crippen molar-refractivity contribution >= 4 is 23.6 Å². The van der Waals surface area contributed by atoms with E-state index in [4.69, 9.17) is 9.47 Å². The molecule has 5 atom stereocenters. The largest absolute Gasteiger partial charge is 0.469 e. The van der Waals surface area contributed by atoms with Crippen LogP contribution in [-0.2, 0) is 23.9 Å². The fraction of sp³-hybridized carbons (Fsp3) is 0.243. The zero-order chi connectivity index (χ0) is 34.6. The Labute approximate surface area is 279 Å². The van der Waals surface area contributed by atoms with E-state index in [1.54, 1.807) is 91.0 Å². The van der Waals surface area contributed by atoms with Gasteiger partial charge in [-0.1, -0.05) is 72.8 Å². The van der Waals surface area contributed by atoms with Crippen LogP contribution in [0.4, 0.5) is 0 Å². The first kappa shape index (κ1) is 31.6. The van der Waals surface area contributed by atoms with E-state index in [-0.39, 0.29) is 23.1 Å². The molecule has 0 radical (unpaired) electrons. The molecule has 0 spiro atoms. The van der Waals surface area contributed by atoms with Gasteiger partial charge < -0.3 is 14.8 Å². The molecular formula is C37H32N4O8. The summed E-state index contributed by atoms with van der Waals surface area (Å²) in [5.74, 6) is -5.00. The highest BCUT2D eigenvalue weighted by Crippen LogP contribution is 2.56. The van der Waals surface area contributed by atoms with Crippen LogP contribution in [0.3, 0.4) is 0 Å². The smallest absolute Gasteiger partial charge is 0.352 e. The lowest BCUT2D eigenvalue weighted by Crippen LogP contribution is -2.57. The second kappa shape index (κ2) is 11.9. The maximum absolute atomic E-state index is 15.1. The molecule has 0 unspecified atom stereocenters. The number of carbonyl (C=O) groups excluding carboxylic acids is 4. The molecule has 0 saturated heterocycles. The lowest BCUT2D eigenvalue weighted by molar-refractivity contribution is -0.146. The molecule has 1 N–H and O–H groups in total. The van der Waals surface area contributed by atoms with Crippen LogP contribution in [0.25, 0.3) is 5.69 Å². The maximum Gasteiger partial charge on any atom is 0.352 e. The molecule has 248 valence electrons. The third kappa shape index (κ3) is 4.73. The average molecular weight is 661 g/mol. The number of hydrogen-bond acceptors (Lipinski definition) is 8. The fourth-order valence-electron chi connectivity index (χ4n) is 7.68. The van der Waals surface area contributed by atoms with Crippen molar-refractivity contribution in [2.75, 3.05) is 14.2 Å². The molecule has 12 nitrogen and oxygen atoms in total. The van der Waals surface area contributed by atoms with Crippen LogP contribution in [0.5, 0.6) is 0 Å². The Morgan fingerprint density at radius 3 is 2.00 bits per heavy atom. The van der Waals surface area contributed by atoms with Crippen LogP contribution in [0.15, 0.2) is 123 Å². The molecule has 0 bridgehead atoms. The van der Waals surface area contributed by atoms with Crippen molar-refractivity contribution in [1.29, 1.82) is 0 Å². The van der Waals surface area contributed by atoms with E-state index in [1.807, 2.05) is 0 Å². The summed E-state index contributed by atoms with van der Waals surface area (Å²) in [5, 5.41) is 2.92. The molecule has 3 aliphatic rings. The minimum atomic E-state index is -1.78. The van der Waals surface area contributed by atoms with E-state index in [2.05, 4.69) is 5.32 Å². The molecule has 7 rings (SSSR count). The summed E-state index contributed by atoms with van der Waals surface area (Å²) in [4.78, 5) is 84.9. The van der Waals surface area contributed by atoms with E-state index >= 15 is 4.79 Å². The molecule has 4 aromatic rings. The third-order valence-corrected chi connectivity index (χ3v) is 9.78. The highest BCUT2D eigenvalue weighted by atomic mass is 16.5. The van der Waals surface area contributed by atoms with Gasteiger partial charge in [-0.2, -0.15) is 0 Å². The number of carbonyl (C=O) groups is 4. The van der Waals surface area contributed by atoms with E-state index in [9.17, 15) is 24.0 Å². The van der Waals surface area contributed by atoms with Crippen LogP contribution < -0.4 is 16.7 Å². The first-order valence-electron chi connectivity index (χ1n) is 15.7. The van der Waals surface area contributed by atoms with Crippen molar-refractivity contribution in [3.63, 3.8) is 0 Å². The second-order valence-corrected chi connectivity index (χ2v) is 12.4. The highest BCUT2D eigenvalue weighted by molar-refractivity contribution is 6.12.